The van der Waals surface area contributed by atoms with Crippen molar-refractivity contribution in [3.05, 3.63) is 28.5 Å². The summed E-state index contributed by atoms with van der Waals surface area (Å²) in [5, 5.41) is 6.48. The Morgan fingerprint density at radius 2 is 2.12 bits per heavy atom. The molecule has 0 aromatic carbocycles. The van der Waals surface area contributed by atoms with Crippen LogP contribution < -0.4 is 5.32 Å². The largest absolute Gasteiger partial charge is 0.310 e. The first-order valence-corrected chi connectivity index (χ1v) is 6.62. The Morgan fingerprint density at radius 3 is 2.88 bits per heavy atom. The summed E-state index contributed by atoms with van der Waals surface area (Å²) >= 11 is 1.66. The van der Waals surface area contributed by atoms with Gasteiger partial charge in [-0.2, -0.15) is 0 Å². The molecule has 1 N–H and O–H groups in total. The van der Waals surface area contributed by atoms with E-state index in [9.17, 15) is 0 Å². The number of thiazole rings is 1. The van der Waals surface area contributed by atoms with Crippen LogP contribution in [0.25, 0.3) is 11.4 Å². The first-order chi connectivity index (χ1) is 8.31. The Morgan fingerprint density at radius 1 is 1.29 bits per heavy atom. The Bertz CT molecular complexity index is 481. The fraction of sp³-hybridized carbons (Fsp3) is 0.417. The molecule has 2 aromatic heterocycles. The molecule has 2 heterocycles. The molecule has 0 unspecified atom stereocenters. The van der Waals surface area contributed by atoms with Crippen LogP contribution in [0.3, 0.4) is 0 Å². The molecule has 4 nitrogen and oxygen atoms in total. The lowest BCUT2D eigenvalue weighted by molar-refractivity contribution is 0.673. The number of nitrogens with zero attached hydrogens (tertiary/aromatic N) is 3. The van der Waals surface area contributed by atoms with Gasteiger partial charge in [-0.1, -0.05) is 6.92 Å². The van der Waals surface area contributed by atoms with E-state index in [2.05, 4.69) is 27.2 Å². The number of rotatable bonds is 5. The number of nitrogens with one attached hydrogen (secondary N) is 1. The van der Waals surface area contributed by atoms with E-state index in [0.717, 1.165) is 41.6 Å². The Hall–Kier alpha value is -1.33. The number of aromatic nitrogens is 3. The topological polar surface area (TPSA) is 50.7 Å². The molecule has 0 atom stereocenters. The lowest BCUT2D eigenvalue weighted by Crippen LogP contribution is -2.13. The second-order valence-corrected chi connectivity index (χ2v) is 4.74. The molecule has 0 spiro atoms. The van der Waals surface area contributed by atoms with Crippen LogP contribution in [0.15, 0.2) is 17.8 Å². The maximum atomic E-state index is 4.57. The van der Waals surface area contributed by atoms with Gasteiger partial charge in [0.15, 0.2) is 0 Å². The average Bonchev–Trinajstić information content (AvgIpc) is 2.79. The van der Waals surface area contributed by atoms with Crippen molar-refractivity contribution in [2.75, 3.05) is 6.54 Å². The Balaban J connectivity index is 2.10. The lowest BCUT2D eigenvalue weighted by atomic mass is 10.3. The number of hydrogen-bond donors (Lipinski definition) is 1. The van der Waals surface area contributed by atoms with Crippen molar-refractivity contribution >= 4 is 11.3 Å². The Labute approximate surface area is 105 Å². The number of aryl methyl sites for hydroxylation is 1. The molecule has 5 heteroatoms. The second-order valence-electron chi connectivity index (χ2n) is 3.79. The second kappa shape index (κ2) is 5.84. The smallest absolute Gasteiger partial charge is 0.111 e. The van der Waals surface area contributed by atoms with E-state index < -0.39 is 0 Å². The van der Waals surface area contributed by atoms with Crippen LogP contribution in [0.2, 0.25) is 0 Å². The zero-order valence-corrected chi connectivity index (χ0v) is 10.9. The molecule has 0 fully saturated rings. The van der Waals surface area contributed by atoms with Gasteiger partial charge in [0.25, 0.3) is 0 Å². The maximum absolute atomic E-state index is 4.57. The van der Waals surface area contributed by atoms with E-state index in [4.69, 9.17) is 0 Å². The van der Waals surface area contributed by atoms with Crippen LogP contribution in [0, 0.1) is 6.92 Å². The fourth-order valence-corrected chi connectivity index (χ4v) is 2.28. The van der Waals surface area contributed by atoms with Crippen molar-refractivity contribution in [1.82, 2.24) is 20.3 Å². The SMILES string of the molecule is CCCNCc1nc(-c2nccnc2C)cs1. The molecule has 0 bridgehead atoms. The maximum Gasteiger partial charge on any atom is 0.111 e. The van der Waals surface area contributed by atoms with Gasteiger partial charge >= 0.3 is 0 Å². The summed E-state index contributed by atoms with van der Waals surface area (Å²) in [5.41, 5.74) is 2.73. The third kappa shape index (κ3) is 3.08. The molecular formula is C12H16N4S. The fourth-order valence-electron chi connectivity index (χ4n) is 1.53. The zero-order chi connectivity index (χ0) is 12.1. The van der Waals surface area contributed by atoms with E-state index in [1.54, 1.807) is 23.7 Å². The van der Waals surface area contributed by atoms with E-state index in [1.807, 2.05) is 12.3 Å². The van der Waals surface area contributed by atoms with Gasteiger partial charge in [-0.05, 0) is 19.9 Å². The van der Waals surface area contributed by atoms with Crippen molar-refractivity contribution in [2.45, 2.75) is 26.8 Å². The average molecular weight is 248 g/mol. The quantitative estimate of drug-likeness (QED) is 0.826. The highest BCUT2D eigenvalue weighted by Gasteiger charge is 2.08. The summed E-state index contributed by atoms with van der Waals surface area (Å²) in [7, 11) is 0. The molecule has 17 heavy (non-hydrogen) atoms. The van der Waals surface area contributed by atoms with Gasteiger partial charge in [-0.3, -0.25) is 9.97 Å². The molecule has 0 aliphatic heterocycles. The monoisotopic (exact) mass is 248 g/mol. The molecule has 0 aliphatic rings. The first kappa shape index (κ1) is 12.1. The van der Waals surface area contributed by atoms with E-state index in [1.165, 1.54) is 0 Å². The summed E-state index contributed by atoms with van der Waals surface area (Å²) in [6.45, 7) is 5.97. The van der Waals surface area contributed by atoms with Gasteiger partial charge in [-0.15, -0.1) is 11.3 Å². The standard InChI is InChI=1S/C12H16N4S/c1-3-4-13-7-11-16-10(8-17-11)12-9(2)14-5-6-15-12/h5-6,8,13H,3-4,7H2,1-2H3. The van der Waals surface area contributed by atoms with Gasteiger partial charge in [0.1, 0.15) is 16.4 Å². The summed E-state index contributed by atoms with van der Waals surface area (Å²) in [6.07, 6.45) is 4.55. The Kier molecular flexibility index (Phi) is 4.17. The minimum absolute atomic E-state index is 0.831. The highest BCUT2D eigenvalue weighted by molar-refractivity contribution is 7.09. The first-order valence-electron chi connectivity index (χ1n) is 5.74. The minimum atomic E-state index is 0.831. The minimum Gasteiger partial charge on any atom is -0.310 e. The van der Waals surface area contributed by atoms with Gasteiger partial charge in [-0.25, -0.2) is 4.98 Å². The number of hydrogen-bond acceptors (Lipinski definition) is 5. The molecule has 0 saturated carbocycles. The summed E-state index contributed by atoms with van der Waals surface area (Å²) < 4.78 is 0. The van der Waals surface area contributed by atoms with E-state index in [0.29, 0.717) is 0 Å². The molecular weight excluding hydrogens is 232 g/mol. The van der Waals surface area contributed by atoms with Crippen LogP contribution in [0.4, 0.5) is 0 Å². The predicted molar refractivity (Wildman–Crippen MR) is 69.9 cm³/mol. The summed E-state index contributed by atoms with van der Waals surface area (Å²) in [4.78, 5) is 13.1. The molecule has 0 amide bonds. The summed E-state index contributed by atoms with van der Waals surface area (Å²) in [5.74, 6) is 0. The highest BCUT2D eigenvalue weighted by Crippen LogP contribution is 2.21. The molecule has 0 radical (unpaired) electrons. The van der Waals surface area contributed by atoms with Crippen LogP contribution in [0.5, 0.6) is 0 Å². The van der Waals surface area contributed by atoms with Crippen LogP contribution in [0.1, 0.15) is 24.0 Å². The van der Waals surface area contributed by atoms with Gasteiger partial charge < -0.3 is 5.32 Å². The van der Waals surface area contributed by atoms with Crippen molar-refractivity contribution in [1.29, 1.82) is 0 Å². The third-order valence-electron chi connectivity index (χ3n) is 2.38. The third-order valence-corrected chi connectivity index (χ3v) is 3.23. The lowest BCUT2D eigenvalue weighted by Gasteiger charge is -1.99. The van der Waals surface area contributed by atoms with Crippen LogP contribution in [-0.2, 0) is 6.54 Å². The highest BCUT2D eigenvalue weighted by atomic mass is 32.1. The predicted octanol–water partition coefficient (Wildman–Crippen LogP) is 2.41. The van der Waals surface area contributed by atoms with Crippen LogP contribution >= 0.6 is 11.3 Å². The van der Waals surface area contributed by atoms with Crippen molar-refractivity contribution in [2.24, 2.45) is 0 Å². The van der Waals surface area contributed by atoms with Gasteiger partial charge in [0, 0.05) is 24.3 Å². The van der Waals surface area contributed by atoms with Gasteiger partial charge in [0.2, 0.25) is 0 Å². The van der Waals surface area contributed by atoms with Crippen molar-refractivity contribution in [3.8, 4) is 11.4 Å². The molecule has 90 valence electrons. The normalized spacial score (nSPS) is 10.7. The zero-order valence-electron chi connectivity index (χ0n) is 10.1. The van der Waals surface area contributed by atoms with Gasteiger partial charge in [0.05, 0.1) is 5.69 Å². The van der Waals surface area contributed by atoms with Crippen LogP contribution in [-0.4, -0.2) is 21.5 Å². The van der Waals surface area contributed by atoms with Crippen molar-refractivity contribution in [3.63, 3.8) is 0 Å². The van der Waals surface area contributed by atoms with E-state index in [-0.39, 0.29) is 0 Å². The molecule has 2 aromatic rings. The molecule has 2 rings (SSSR count). The molecule has 0 saturated heterocycles. The molecule has 0 aliphatic carbocycles. The summed E-state index contributed by atoms with van der Waals surface area (Å²) in [6, 6.07) is 0. The van der Waals surface area contributed by atoms with E-state index >= 15 is 0 Å². The van der Waals surface area contributed by atoms with Crippen molar-refractivity contribution < 1.29 is 0 Å².